The summed E-state index contributed by atoms with van der Waals surface area (Å²) in [6, 6.07) is 25.8. The first-order chi connectivity index (χ1) is 19.6. The van der Waals surface area contributed by atoms with Gasteiger partial charge in [0.1, 0.15) is 18.1 Å². The van der Waals surface area contributed by atoms with Crippen molar-refractivity contribution in [3.05, 3.63) is 101 Å². The lowest BCUT2D eigenvalue weighted by Gasteiger charge is -2.23. The average Bonchev–Trinajstić information content (AvgIpc) is 3.37. The van der Waals surface area contributed by atoms with E-state index < -0.39 is 0 Å². The number of urea groups is 1. The van der Waals surface area contributed by atoms with Crippen molar-refractivity contribution >= 4 is 35.0 Å². The zero-order chi connectivity index (χ0) is 29.4. The van der Waals surface area contributed by atoms with Gasteiger partial charge in [0.25, 0.3) is 0 Å². The first-order valence-electron chi connectivity index (χ1n) is 13.6. The normalized spacial score (nSPS) is 11.1. The van der Waals surface area contributed by atoms with E-state index in [1.165, 1.54) is 4.90 Å². The van der Waals surface area contributed by atoms with Crippen LogP contribution >= 0.6 is 11.6 Å². The molecule has 1 aromatic heterocycles. The molecule has 0 aliphatic carbocycles. The second-order valence-corrected chi connectivity index (χ2v) is 11.0. The smallest absolute Gasteiger partial charge is 0.322 e. The number of carbonyl (C=O) groups is 2. The Hall–Kier alpha value is -4.30. The maximum Gasteiger partial charge on any atom is 0.322 e. The summed E-state index contributed by atoms with van der Waals surface area (Å²) in [5.41, 5.74) is 2.86. The van der Waals surface area contributed by atoms with Gasteiger partial charge in [-0.2, -0.15) is 5.10 Å². The van der Waals surface area contributed by atoms with Gasteiger partial charge in [0.2, 0.25) is 5.91 Å². The predicted octanol–water partition coefficient (Wildman–Crippen LogP) is 6.94. The first kappa shape index (κ1) is 29.7. The molecule has 0 atom stereocenters. The SMILES string of the molecule is CCOc1ccc(NC(=O)N(CCc2ccccc2)CC(=O)Nc2cc(C(C)(C)C)nn2-c2ccccc2Cl)cc1. The number of hydrogen-bond acceptors (Lipinski definition) is 4. The molecule has 4 rings (SSSR count). The number of nitrogens with one attached hydrogen (secondary N) is 2. The second kappa shape index (κ2) is 13.4. The van der Waals surface area contributed by atoms with E-state index in [0.29, 0.717) is 41.8 Å². The van der Waals surface area contributed by atoms with Crippen molar-refractivity contribution in [2.24, 2.45) is 0 Å². The van der Waals surface area contributed by atoms with Crippen molar-refractivity contribution in [1.82, 2.24) is 14.7 Å². The molecule has 2 N–H and O–H groups in total. The number of para-hydroxylation sites is 1. The van der Waals surface area contributed by atoms with Gasteiger partial charge in [-0.15, -0.1) is 0 Å². The molecule has 0 saturated heterocycles. The minimum absolute atomic E-state index is 0.158. The number of hydrogen-bond donors (Lipinski definition) is 2. The molecule has 1 heterocycles. The molecule has 0 radical (unpaired) electrons. The highest BCUT2D eigenvalue weighted by molar-refractivity contribution is 6.32. The van der Waals surface area contributed by atoms with E-state index in [2.05, 4.69) is 31.4 Å². The molecular formula is C32H36ClN5O3. The Labute approximate surface area is 246 Å². The van der Waals surface area contributed by atoms with Crippen LogP contribution in [0.2, 0.25) is 5.02 Å². The summed E-state index contributed by atoms with van der Waals surface area (Å²) in [5, 5.41) is 11.1. The van der Waals surface area contributed by atoms with Crippen LogP contribution in [-0.2, 0) is 16.6 Å². The molecule has 0 bridgehead atoms. The summed E-state index contributed by atoms with van der Waals surface area (Å²) in [6.45, 7) is 8.81. The van der Waals surface area contributed by atoms with Crippen LogP contribution in [0.4, 0.5) is 16.3 Å². The average molecular weight is 574 g/mol. The third-order valence-corrected chi connectivity index (χ3v) is 6.70. The molecule has 41 heavy (non-hydrogen) atoms. The van der Waals surface area contributed by atoms with Crippen LogP contribution in [0.15, 0.2) is 84.9 Å². The minimum Gasteiger partial charge on any atom is -0.494 e. The van der Waals surface area contributed by atoms with Gasteiger partial charge in [0.15, 0.2) is 0 Å². The van der Waals surface area contributed by atoms with Crippen molar-refractivity contribution in [3.63, 3.8) is 0 Å². The molecule has 3 aromatic carbocycles. The number of amides is 3. The Morgan fingerprint density at radius 3 is 2.29 bits per heavy atom. The Kier molecular flexibility index (Phi) is 9.68. The van der Waals surface area contributed by atoms with E-state index in [1.54, 1.807) is 35.0 Å². The van der Waals surface area contributed by atoms with Crippen molar-refractivity contribution in [2.45, 2.75) is 39.5 Å². The van der Waals surface area contributed by atoms with Crippen molar-refractivity contribution in [1.29, 1.82) is 0 Å². The number of rotatable bonds is 10. The van der Waals surface area contributed by atoms with Crippen molar-refractivity contribution < 1.29 is 14.3 Å². The van der Waals surface area contributed by atoms with E-state index in [0.717, 1.165) is 17.0 Å². The number of nitrogens with zero attached hydrogens (tertiary/aromatic N) is 3. The topological polar surface area (TPSA) is 88.5 Å². The Morgan fingerprint density at radius 2 is 1.63 bits per heavy atom. The van der Waals surface area contributed by atoms with Gasteiger partial charge in [-0.05, 0) is 55.3 Å². The fourth-order valence-corrected chi connectivity index (χ4v) is 4.38. The highest BCUT2D eigenvalue weighted by Crippen LogP contribution is 2.29. The lowest BCUT2D eigenvalue weighted by Crippen LogP contribution is -2.42. The number of carbonyl (C=O) groups excluding carboxylic acids is 2. The summed E-state index contributed by atoms with van der Waals surface area (Å²) >= 11 is 6.48. The number of halogens is 1. The molecule has 0 saturated carbocycles. The lowest BCUT2D eigenvalue weighted by molar-refractivity contribution is -0.116. The van der Waals surface area contributed by atoms with Crippen LogP contribution in [0, 0.1) is 0 Å². The molecule has 214 valence electrons. The summed E-state index contributed by atoms with van der Waals surface area (Å²) in [6.07, 6.45) is 0.594. The van der Waals surface area contributed by atoms with Crippen LogP contribution in [0.3, 0.4) is 0 Å². The standard InChI is InChI=1S/C32H36ClN5O3/c1-5-41-25-17-15-24(16-18-25)34-31(40)37(20-19-23-11-7-6-8-12-23)22-30(39)35-29-21-28(32(2,3)4)36-38(29)27-14-10-9-13-26(27)33/h6-18,21H,5,19-20,22H2,1-4H3,(H,34,40)(H,35,39). The molecule has 0 spiro atoms. The molecule has 9 heteroatoms. The van der Waals surface area contributed by atoms with Crippen LogP contribution in [0.1, 0.15) is 39.0 Å². The third-order valence-electron chi connectivity index (χ3n) is 6.38. The summed E-state index contributed by atoms with van der Waals surface area (Å²) in [5.74, 6) is 0.840. The van der Waals surface area contributed by atoms with E-state index >= 15 is 0 Å². The van der Waals surface area contributed by atoms with Gasteiger partial charge in [0, 0.05) is 23.7 Å². The highest BCUT2D eigenvalue weighted by Gasteiger charge is 2.24. The van der Waals surface area contributed by atoms with Gasteiger partial charge >= 0.3 is 6.03 Å². The lowest BCUT2D eigenvalue weighted by atomic mass is 9.92. The zero-order valence-electron chi connectivity index (χ0n) is 23.9. The van der Waals surface area contributed by atoms with Crippen LogP contribution < -0.4 is 15.4 Å². The van der Waals surface area contributed by atoms with Gasteiger partial charge in [0.05, 0.1) is 23.0 Å². The molecule has 3 amide bonds. The van der Waals surface area contributed by atoms with Crippen LogP contribution in [0.5, 0.6) is 5.75 Å². The number of anilines is 2. The van der Waals surface area contributed by atoms with Gasteiger partial charge in [-0.25, -0.2) is 9.48 Å². The Morgan fingerprint density at radius 1 is 0.951 bits per heavy atom. The molecular weight excluding hydrogens is 538 g/mol. The number of benzene rings is 3. The molecule has 0 fully saturated rings. The number of aromatic nitrogens is 2. The highest BCUT2D eigenvalue weighted by atomic mass is 35.5. The molecule has 0 aliphatic rings. The molecule has 0 aliphatic heterocycles. The van der Waals surface area contributed by atoms with Crippen molar-refractivity contribution in [2.75, 3.05) is 30.3 Å². The minimum atomic E-state index is -0.379. The monoisotopic (exact) mass is 573 g/mol. The largest absolute Gasteiger partial charge is 0.494 e. The summed E-state index contributed by atoms with van der Waals surface area (Å²) in [7, 11) is 0. The molecule has 4 aromatic rings. The Balaban J connectivity index is 1.54. The quantitative estimate of drug-likeness (QED) is 0.215. The van der Waals surface area contributed by atoms with Gasteiger partial charge in [-0.3, -0.25) is 4.79 Å². The Bertz CT molecular complexity index is 1460. The fraction of sp³-hybridized carbons (Fsp3) is 0.281. The fourth-order valence-electron chi connectivity index (χ4n) is 4.16. The second-order valence-electron chi connectivity index (χ2n) is 10.6. The summed E-state index contributed by atoms with van der Waals surface area (Å²) in [4.78, 5) is 28.3. The van der Waals surface area contributed by atoms with Crippen LogP contribution in [0.25, 0.3) is 5.69 Å². The van der Waals surface area contributed by atoms with E-state index in [4.69, 9.17) is 21.4 Å². The van der Waals surface area contributed by atoms with Gasteiger partial charge in [-0.1, -0.05) is 74.8 Å². The first-order valence-corrected chi connectivity index (χ1v) is 14.0. The van der Waals surface area contributed by atoms with E-state index in [1.807, 2.05) is 61.5 Å². The maximum atomic E-state index is 13.4. The van der Waals surface area contributed by atoms with Crippen molar-refractivity contribution in [3.8, 4) is 11.4 Å². The number of ether oxygens (including phenoxy) is 1. The van der Waals surface area contributed by atoms with E-state index in [9.17, 15) is 9.59 Å². The maximum absolute atomic E-state index is 13.4. The summed E-state index contributed by atoms with van der Waals surface area (Å²) < 4.78 is 7.12. The van der Waals surface area contributed by atoms with Crippen LogP contribution in [-0.4, -0.2) is 46.3 Å². The zero-order valence-corrected chi connectivity index (χ0v) is 24.6. The predicted molar refractivity (Wildman–Crippen MR) is 164 cm³/mol. The van der Waals surface area contributed by atoms with Gasteiger partial charge < -0.3 is 20.3 Å². The third kappa shape index (κ3) is 8.11. The molecule has 0 unspecified atom stereocenters. The molecule has 8 nitrogen and oxygen atoms in total. The van der Waals surface area contributed by atoms with E-state index in [-0.39, 0.29) is 23.9 Å².